The van der Waals surface area contributed by atoms with E-state index in [0.717, 1.165) is 0 Å². The summed E-state index contributed by atoms with van der Waals surface area (Å²) >= 11 is 0. The number of nitrogens with one attached hydrogen (secondary N) is 1. The summed E-state index contributed by atoms with van der Waals surface area (Å²) in [4.78, 5) is 34.6. The van der Waals surface area contributed by atoms with E-state index < -0.39 is 5.41 Å². The Labute approximate surface area is 103 Å². The van der Waals surface area contributed by atoms with Gasteiger partial charge in [0, 0.05) is 11.3 Å². The second kappa shape index (κ2) is 3.19. The fourth-order valence-electron chi connectivity index (χ4n) is 2.75. The fraction of sp³-hybridized carbons (Fsp3) is 0.308. The highest BCUT2D eigenvalue weighted by Crippen LogP contribution is 2.59. The Morgan fingerprint density at radius 1 is 1.44 bits per heavy atom. The van der Waals surface area contributed by atoms with E-state index in [4.69, 9.17) is 5.73 Å². The summed E-state index contributed by atoms with van der Waals surface area (Å²) in [6.45, 7) is 1.46. The number of piperidine rings is 1. The van der Waals surface area contributed by atoms with E-state index in [-0.39, 0.29) is 23.5 Å². The van der Waals surface area contributed by atoms with Gasteiger partial charge in [0.15, 0.2) is 5.78 Å². The van der Waals surface area contributed by atoms with Gasteiger partial charge in [0.25, 0.3) is 0 Å². The van der Waals surface area contributed by atoms with E-state index in [1.165, 1.54) is 6.92 Å². The minimum Gasteiger partial charge on any atom is -0.398 e. The minimum atomic E-state index is -0.781. The summed E-state index contributed by atoms with van der Waals surface area (Å²) in [5.41, 5.74) is 6.69. The van der Waals surface area contributed by atoms with E-state index in [0.29, 0.717) is 23.2 Å². The average Bonchev–Trinajstić information content (AvgIpc) is 2.99. The van der Waals surface area contributed by atoms with Crippen molar-refractivity contribution in [3.05, 3.63) is 29.3 Å². The molecule has 3 rings (SSSR count). The van der Waals surface area contributed by atoms with Crippen LogP contribution in [0, 0.1) is 5.92 Å². The Morgan fingerprint density at radius 3 is 2.61 bits per heavy atom. The quantitative estimate of drug-likeness (QED) is 0.447. The van der Waals surface area contributed by atoms with Crippen LogP contribution in [0.15, 0.2) is 18.2 Å². The van der Waals surface area contributed by atoms with Gasteiger partial charge in [-0.25, -0.2) is 0 Å². The van der Waals surface area contributed by atoms with Crippen molar-refractivity contribution in [1.29, 1.82) is 0 Å². The predicted octanol–water partition coefficient (Wildman–Crippen LogP) is 0.385. The van der Waals surface area contributed by atoms with Crippen molar-refractivity contribution in [3.63, 3.8) is 0 Å². The highest BCUT2D eigenvalue weighted by molar-refractivity contribution is 6.15. The zero-order valence-corrected chi connectivity index (χ0v) is 9.82. The predicted molar refractivity (Wildman–Crippen MR) is 63.8 cm³/mol. The van der Waals surface area contributed by atoms with Crippen molar-refractivity contribution in [3.8, 4) is 0 Å². The number of nitrogen functional groups attached to an aromatic ring is 1. The van der Waals surface area contributed by atoms with Crippen molar-refractivity contribution in [2.45, 2.75) is 18.8 Å². The van der Waals surface area contributed by atoms with Crippen molar-refractivity contribution < 1.29 is 14.4 Å². The maximum absolute atomic E-state index is 11.9. The van der Waals surface area contributed by atoms with Crippen LogP contribution < -0.4 is 11.1 Å². The number of nitrogens with two attached hydrogens (primary N) is 1. The van der Waals surface area contributed by atoms with E-state index in [1.807, 2.05) is 0 Å². The molecule has 2 amide bonds. The topological polar surface area (TPSA) is 89.3 Å². The molecule has 2 atom stereocenters. The Kier molecular flexibility index (Phi) is 1.94. The molecule has 5 heteroatoms. The number of benzene rings is 1. The van der Waals surface area contributed by atoms with Crippen LogP contribution in [0.25, 0.3) is 0 Å². The van der Waals surface area contributed by atoms with Crippen molar-refractivity contribution in [2.24, 2.45) is 5.92 Å². The monoisotopic (exact) mass is 244 g/mol. The number of hydrogen-bond acceptors (Lipinski definition) is 4. The third-order valence-electron chi connectivity index (χ3n) is 3.86. The lowest BCUT2D eigenvalue weighted by Gasteiger charge is -2.13. The maximum Gasteiger partial charge on any atom is 0.238 e. The first-order valence-electron chi connectivity index (χ1n) is 5.73. The number of imide groups is 1. The third-order valence-corrected chi connectivity index (χ3v) is 3.86. The van der Waals surface area contributed by atoms with Crippen LogP contribution in [0.2, 0.25) is 0 Å². The number of amides is 2. The smallest absolute Gasteiger partial charge is 0.238 e. The molecular formula is C13H12N2O3. The number of fused-ring (bicyclic) bond motifs is 1. The molecule has 18 heavy (non-hydrogen) atoms. The number of carbonyl (C=O) groups excluding carboxylic acids is 3. The summed E-state index contributed by atoms with van der Waals surface area (Å²) < 4.78 is 0. The molecule has 1 aliphatic heterocycles. The molecule has 92 valence electrons. The molecule has 1 saturated heterocycles. The zero-order chi connectivity index (χ0) is 13.1. The number of hydrogen-bond donors (Lipinski definition) is 2. The second-order valence-corrected chi connectivity index (χ2v) is 4.90. The third kappa shape index (κ3) is 1.19. The largest absolute Gasteiger partial charge is 0.398 e. The van der Waals surface area contributed by atoms with Crippen LogP contribution in [0.4, 0.5) is 5.69 Å². The Morgan fingerprint density at radius 2 is 2.17 bits per heavy atom. The van der Waals surface area contributed by atoms with Gasteiger partial charge < -0.3 is 5.73 Å². The Balaban J connectivity index is 2.07. The molecule has 5 nitrogen and oxygen atoms in total. The van der Waals surface area contributed by atoms with Gasteiger partial charge in [-0.15, -0.1) is 0 Å². The lowest BCUT2D eigenvalue weighted by Crippen LogP contribution is -2.30. The van der Waals surface area contributed by atoms with Crippen LogP contribution in [0.3, 0.4) is 0 Å². The fourth-order valence-corrected chi connectivity index (χ4v) is 2.75. The van der Waals surface area contributed by atoms with E-state index in [9.17, 15) is 14.4 Å². The van der Waals surface area contributed by atoms with Crippen molar-refractivity contribution in [1.82, 2.24) is 5.32 Å². The zero-order valence-electron chi connectivity index (χ0n) is 9.82. The van der Waals surface area contributed by atoms with Gasteiger partial charge >= 0.3 is 0 Å². The van der Waals surface area contributed by atoms with Gasteiger partial charge in [-0.1, -0.05) is 12.1 Å². The van der Waals surface area contributed by atoms with E-state index in [2.05, 4.69) is 5.32 Å². The lowest BCUT2D eigenvalue weighted by atomic mass is 9.91. The Bertz CT molecular complexity index is 608. The Hall–Kier alpha value is -2.17. The number of ketones is 1. The summed E-state index contributed by atoms with van der Waals surface area (Å²) in [6.07, 6.45) is 0.515. The second-order valence-electron chi connectivity index (χ2n) is 4.90. The molecule has 1 saturated carbocycles. The first kappa shape index (κ1) is 11.0. The first-order valence-corrected chi connectivity index (χ1v) is 5.73. The molecule has 0 bridgehead atoms. The van der Waals surface area contributed by atoms with Gasteiger partial charge in [-0.3, -0.25) is 19.7 Å². The number of Topliss-reactive ketones (excluding diaryl/α,β-unsaturated/α-hetero) is 1. The summed E-state index contributed by atoms with van der Waals surface area (Å²) in [7, 11) is 0. The highest BCUT2D eigenvalue weighted by Gasteiger charge is 2.70. The molecule has 2 unspecified atom stereocenters. The van der Waals surface area contributed by atoms with Gasteiger partial charge in [0.1, 0.15) is 0 Å². The molecule has 1 aromatic carbocycles. The molecule has 2 aliphatic rings. The number of rotatable bonds is 2. The van der Waals surface area contributed by atoms with E-state index in [1.54, 1.807) is 18.2 Å². The van der Waals surface area contributed by atoms with Crippen LogP contribution in [0.1, 0.15) is 29.3 Å². The molecular weight excluding hydrogens is 232 g/mol. The van der Waals surface area contributed by atoms with Crippen LogP contribution in [0.5, 0.6) is 0 Å². The summed E-state index contributed by atoms with van der Waals surface area (Å²) in [6, 6.07) is 4.90. The van der Waals surface area contributed by atoms with Crippen LogP contribution in [-0.4, -0.2) is 17.6 Å². The van der Waals surface area contributed by atoms with Gasteiger partial charge in [-0.2, -0.15) is 0 Å². The normalized spacial score (nSPS) is 28.8. The van der Waals surface area contributed by atoms with Crippen LogP contribution >= 0.6 is 0 Å². The highest BCUT2D eigenvalue weighted by atomic mass is 16.2. The molecule has 2 fully saturated rings. The molecule has 0 spiro atoms. The van der Waals surface area contributed by atoms with Crippen molar-refractivity contribution >= 4 is 23.3 Å². The molecule has 3 N–H and O–H groups in total. The summed E-state index contributed by atoms with van der Waals surface area (Å²) in [5.74, 6) is -0.879. The van der Waals surface area contributed by atoms with Gasteiger partial charge in [-0.05, 0) is 25.0 Å². The van der Waals surface area contributed by atoms with Gasteiger partial charge in [0.05, 0.1) is 11.3 Å². The van der Waals surface area contributed by atoms with Crippen molar-refractivity contribution in [2.75, 3.05) is 5.73 Å². The minimum absolute atomic E-state index is 0.0787. The lowest BCUT2D eigenvalue weighted by molar-refractivity contribution is -0.127. The molecule has 0 aromatic heterocycles. The average molecular weight is 244 g/mol. The van der Waals surface area contributed by atoms with Crippen LogP contribution in [-0.2, 0) is 15.0 Å². The van der Waals surface area contributed by atoms with Gasteiger partial charge in [0.2, 0.25) is 11.8 Å². The molecule has 0 radical (unpaired) electrons. The maximum atomic E-state index is 11.9. The first-order chi connectivity index (χ1) is 8.46. The summed E-state index contributed by atoms with van der Waals surface area (Å²) in [5, 5.41) is 2.32. The SMILES string of the molecule is CC(=O)c1ccc(C23CC2C(=O)NC3=O)c(N)c1. The molecule has 1 heterocycles. The number of anilines is 1. The molecule has 1 aromatic rings. The standard InChI is InChI=1S/C13H12N2O3/c1-6(16)7-2-3-8(10(14)4-7)13-5-9(13)11(17)15-12(13)18/h2-4,9H,5,14H2,1H3,(H,15,17,18). The molecule has 1 aliphatic carbocycles. The van der Waals surface area contributed by atoms with E-state index >= 15 is 0 Å². The number of carbonyl (C=O) groups is 3.